The molecule has 1 nitrogen and oxygen atoms in total. The monoisotopic (exact) mass is 288 g/mol. The van der Waals surface area contributed by atoms with Crippen molar-refractivity contribution < 1.29 is 4.74 Å². The smallest absolute Gasteiger partial charge is 0.101 e. The molecule has 0 aromatic heterocycles. The van der Waals surface area contributed by atoms with Crippen molar-refractivity contribution in [2.45, 2.75) is 71.3 Å². The van der Waals surface area contributed by atoms with Crippen LogP contribution in [0.5, 0.6) is 0 Å². The minimum Gasteiger partial charge on any atom is -0.369 e. The van der Waals surface area contributed by atoms with Crippen LogP contribution in [0.15, 0.2) is 42.5 Å². The van der Waals surface area contributed by atoms with E-state index in [4.69, 9.17) is 4.74 Å². The summed E-state index contributed by atoms with van der Waals surface area (Å²) < 4.78 is 6.03. The van der Waals surface area contributed by atoms with Crippen LogP contribution in [0.25, 0.3) is 0 Å². The molecule has 0 aliphatic carbocycles. The largest absolute Gasteiger partial charge is 0.369 e. The van der Waals surface area contributed by atoms with Crippen LogP contribution in [-0.4, -0.2) is 6.61 Å². The highest BCUT2D eigenvalue weighted by Gasteiger charge is 2.06. The second-order valence-electron chi connectivity index (χ2n) is 5.70. The molecule has 1 unspecified atom stereocenters. The average Bonchev–Trinajstić information content (AvgIpc) is 2.53. The highest BCUT2D eigenvalue weighted by atomic mass is 16.5. The van der Waals surface area contributed by atoms with Crippen LogP contribution in [0.2, 0.25) is 0 Å². The lowest BCUT2D eigenvalue weighted by molar-refractivity contribution is 0.0818. The molecule has 118 valence electrons. The van der Waals surface area contributed by atoms with Gasteiger partial charge in [-0.2, -0.15) is 0 Å². The highest BCUT2D eigenvalue weighted by Crippen LogP contribution is 2.19. The Balaban J connectivity index is 2.12. The van der Waals surface area contributed by atoms with Crippen molar-refractivity contribution in [1.82, 2.24) is 0 Å². The lowest BCUT2D eigenvalue weighted by atomic mass is 10.1. The minimum atomic E-state index is 0.112. The molecule has 0 heterocycles. The topological polar surface area (TPSA) is 9.23 Å². The quantitative estimate of drug-likeness (QED) is 0.317. The van der Waals surface area contributed by atoms with Crippen molar-refractivity contribution in [2.24, 2.45) is 0 Å². The van der Waals surface area contributed by atoms with E-state index in [1.807, 2.05) is 0 Å². The lowest BCUT2D eigenvalue weighted by Crippen LogP contribution is -2.03. The fourth-order valence-electron chi connectivity index (χ4n) is 2.53. The average molecular weight is 288 g/mol. The van der Waals surface area contributed by atoms with Gasteiger partial charge < -0.3 is 4.74 Å². The van der Waals surface area contributed by atoms with E-state index in [-0.39, 0.29) is 6.10 Å². The molecule has 0 N–H and O–H groups in total. The molecule has 0 radical (unpaired) electrons. The van der Waals surface area contributed by atoms with Gasteiger partial charge in [0.25, 0.3) is 0 Å². The van der Waals surface area contributed by atoms with Gasteiger partial charge in [-0.25, -0.2) is 0 Å². The zero-order chi connectivity index (χ0) is 15.2. The Kier molecular flexibility index (Phi) is 10.8. The van der Waals surface area contributed by atoms with Crippen molar-refractivity contribution in [1.29, 1.82) is 0 Å². The third kappa shape index (κ3) is 8.72. The van der Waals surface area contributed by atoms with Gasteiger partial charge in [0.05, 0.1) is 0 Å². The van der Waals surface area contributed by atoms with Gasteiger partial charge in [0, 0.05) is 6.61 Å². The number of hydrogen-bond acceptors (Lipinski definition) is 1. The van der Waals surface area contributed by atoms with Crippen molar-refractivity contribution in [3.8, 4) is 0 Å². The number of allylic oxidation sites excluding steroid dienone is 1. The van der Waals surface area contributed by atoms with Gasteiger partial charge in [-0.05, 0) is 18.9 Å². The van der Waals surface area contributed by atoms with Crippen LogP contribution < -0.4 is 0 Å². The molecule has 1 atom stereocenters. The normalized spacial score (nSPS) is 12.9. The highest BCUT2D eigenvalue weighted by molar-refractivity contribution is 5.21. The van der Waals surface area contributed by atoms with Gasteiger partial charge in [-0.3, -0.25) is 0 Å². The van der Waals surface area contributed by atoms with Crippen molar-refractivity contribution in [3.05, 3.63) is 48.0 Å². The van der Waals surface area contributed by atoms with E-state index < -0.39 is 0 Å². The summed E-state index contributed by atoms with van der Waals surface area (Å²) in [6, 6.07) is 10.5. The third-order valence-corrected chi connectivity index (χ3v) is 3.79. The zero-order valence-electron chi connectivity index (χ0n) is 13.9. The lowest BCUT2D eigenvalue weighted by Gasteiger charge is -2.14. The minimum absolute atomic E-state index is 0.112. The predicted molar refractivity (Wildman–Crippen MR) is 92.6 cm³/mol. The number of hydrogen-bond donors (Lipinski definition) is 0. The van der Waals surface area contributed by atoms with Crippen LogP contribution in [0, 0.1) is 0 Å². The van der Waals surface area contributed by atoms with E-state index in [2.05, 4.69) is 56.3 Å². The van der Waals surface area contributed by atoms with Crippen LogP contribution >= 0.6 is 0 Å². The summed E-state index contributed by atoms with van der Waals surface area (Å²) in [6.07, 6.45) is 15.1. The van der Waals surface area contributed by atoms with E-state index in [1.54, 1.807) is 0 Å². The second kappa shape index (κ2) is 12.6. The molecule has 0 aliphatic rings. The van der Waals surface area contributed by atoms with Crippen LogP contribution in [0.4, 0.5) is 0 Å². The summed E-state index contributed by atoms with van der Waals surface area (Å²) >= 11 is 0. The Labute approximate surface area is 131 Å². The van der Waals surface area contributed by atoms with Gasteiger partial charge in [-0.1, -0.05) is 94.4 Å². The van der Waals surface area contributed by atoms with Crippen molar-refractivity contribution in [3.63, 3.8) is 0 Å². The van der Waals surface area contributed by atoms with Gasteiger partial charge in [-0.15, -0.1) is 0 Å². The Hall–Kier alpha value is -1.08. The zero-order valence-corrected chi connectivity index (χ0v) is 13.9. The number of unbranched alkanes of at least 4 members (excludes halogenated alkanes) is 7. The molecule has 1 aromatic carbocycles. The molecular formula is C20H32O. The molecule has 0 saturated carbocycles. The Morgan fingerprint density at radius 2 is 1.52 bits per heavy atom. The number of benzene rings is 1. The fraction of sp³-hybridized carbons (Fsp3) is 0.600. The van der Waals surface area contributed by atoms with E-state index in [0.29, 0.717) is 0 Å². The predicted octanol–water partition coefficient (Wildman–Crippen LogP) is 6.46. The van der Waals surface area contributed by atoms with Crippen LogP contribution in [0.3, 0.4) is 0 Å². The first kappa shape index (κ1) is 18.0. The van der Waals surface area contributed by atoms with E-state index in [9.17, 15) is 0 Å². The Bertz CT molecular complexity index is 355. The van der Waals surface area contributed by atoms with Gasteiger partial charge in [0.1, 0.15) is 6.10 Å². The standard InChI is InChI=1S/C20H32O/c1-3-5-6-7-8-9-10-14-18-21-20(15-4-2)19-16-12-11-13-17-19/h4,11-13,15-17,20H,3,5-10,14,18H2,1-2H3. The first-order valence-electron chi connectivity index (χ1n) is 8.67. The Morgan fingerprint density at radius 3 is 2.14 bits per heavy atom. The molecule has 0 aliphatic heterocycles. The molecule has 0 fully saturated rings. The molecule has 1 aromatic rings. The SMILES string of the molecule is CC=CC(OCCCCCCCCCC)c1ccccc1. The van der Waals surface area contributed by atoms with Gasteiger partial charge in [0.2, 0.25) is 0 Å². The maximum Gasteiger partial charge on any atom is 0.101 e. The molecule has 0 saturated heterocycles. The molecule has 0 bridgehead atoms. The van der Waals surface area contributed by atoms with E-state index in [1.165, 1.54) is 56.9 Å². The van der Waals surface area contributed by atoms with Gasteiger partial charge >= 0.3 is 0 Å². The summed E-state index contributed by atoms with van der Waals surface area (Å²) in [7, 11) is 0. The summed E-state index contributed by atoms with van der Waals surface area (Å²) in [5, 5.41) is 0. The number of ether oxygens (including phenoxy) is 1. The maximum absolute atomic E-state index is 6.03. The van der Waals surface area contributed by atoms with Gasteiger partial charge in [0.15, 0.2) is 0 Å². The Morgan fingerprint density at radius 1 is 0.905 bits per heavy atom. The summed E-state index contributed by atoms with van der Waals surface area (Å²) in [5.74, 6) is 0. The summed E-state index contributed by atoms with van der Waals surface area (Å²) in [5.41, 5.74) is 1.25. The first-order valence-corrected chi connectivity index (χ1v) is 8.67. The molecular weight excluding hydrogens is 256 g/mol. The van der Waals surface area contributed by atoms with Crippen molar-refractivity contribution >= 4 is 0 Å². The summed E-state index contributed by atoms with van der Waals surface area (Å²) in [4.78, 5) is 0. The van der Waals surface area contributed by atoms with E-state index in [0.717, 1.165) is 6.61 Å². The first-order chi connectivity index (χ1) is 10.4. The second-order valence-corrected chi connectivity index (χ2v) is 5.70. The molecule has 1 heteroatoms. The molecule has 1 rings (SSSR count). The molecule has 0 spiro atoms. The van der Waals surface area contributed by atoms with Crippen LogP contribution in [-0.2, 0) is 4.74 Å². The van der Waals surface area contributed by atoms with E-state index >= 15 is 0 Å². The molecule has 21 heavy (non-hydrogen) atoms. The van der Waals surface area contributed by atoms with Crippen LogP contribution in [0.1, 0.15) is 76.9 Å². The summed E-state index contributed by atoms with van der Waals surface area (Å²) in [6.45, 7) is 5.18. The number of rotatable bonds is 12. The van der Waals surface area contributed by atoms with Crippen molar-refractivity contribution in [2.75, 3.05) is 6.61 Å². The fourth-order valence-corrected chi connectivity index (χ4v) is 2.53. The third-order valence-electron chi connectivity index (χ3n) is 3.79. The molecule has 0 amide bonds. The maximum atomic E-state index is 6.03.